The van der Waals surface area contributed by atoms with Crippen LogP contribution in [0.25, 0.3) is 6.08 Å². The van der Waals surface area contributed by atoms with Crippen molar-refractivity contribution in [1.29, 1.82) is 0 Å². The molecule has 0 unspecified atom stereocenters. The lowest BCUT2D eigenvalue weighted by Gasteiger charge is -2.18. The van der Waals surface area contributed by atoms with Gasteiger partial charge >= 0.3 is 0 Å². The highest BCUT2D eigenvalue weighted by molar-refractivity contribution is 5.98. The van der Waals surface area contributed by atoms with E-state index in [9.17, 15) is 9.59 Å². The topological polar surface area (TPSA) is 78.4 Å². The predicted molar refractivity (Wildman–Crippen MR) is 109 cm³/mol. The number of amides is 2. The van der Waals surface area contributed by atoms with Crippen molar-refractivity contribution in [3.63, 3.8) is 0 Å². The molecule has 0 aliphatic carbocycles. The van der Waals surface area contributed by atoms with Gasteiger partial charge in [0.1, 0.15) is 0 Å². The summed E-state index contributed by atoms with van der Waals surface area (Å²) in [6.45, 7) is 0. The van der Waals surface area contributed by atoms with Gasteiger partial charge < -0.3 is 5.32 Å². The third-order valence-corrected chi connectivity index (χ3v) is 4.24. The Hall–Kier alpha value is -3.70. The zero-order valence-corrected chi connectivity index (χ0v) is 15.1. The van der Waals surface area contributed by atoms with Gasteiger partial charge in [-0.2, -0.15) is 0 Å². The van der Waals surface area contributed by atoms with E-state index in [4.69, 9.17) is 5.21 Å². The van der Waals surface area contributed by atoms with Crippen LogP contribution in [0.15, 0.2) is 91.0 Å². The van der Waals surface area contributed by atoms with Crippen molar-refractivity contribution in [2.24, 2.45) is 0 Å². The van der Waals surface area contributed by atoms with Crippen molar-refractivity contribution in [2.45, 2.75) is 5.92 Å². The molecule has 0 radical (unpaired) electrons. The highest BCUT2D eigenvalue weighted by atomic mass is 16.5. The zero-order chi connectivity index (χ0) is 19.8. The third kappa shape index (κ3) is 4.93. The molecule has 140 valence electrons. The van der Waals surface area contributed by atoms with Crippen molar-refractivity contribution in [2.75, 3.05) is 5.32 Å². The molecule has 0 saturated heterocycles. The molecule has 3 aromatic rings. The Balaban J connectivity index is 1.79. The van der Waals surface area contributed by atoms with Crippen LogP contribution in [0.1, 0.15) is 22.6 Å². The number of hydrogen-bond donors (Lipinski definition) is 3. The highest BCUT2D eigenvalue weighted by Gasteiger charge is 2.22. The predicted octanol–water partition coefficient (Wildman–Crippen LogP) is 3.98. The summed E-state index contributed by atoms with van der Waals surface area (Å²) in [6, 6.07) is 26.4. The molecule has 5 heteroatoms. The summed E-state index contributed by atoms with van der Waals surface area (Å²) in [5, 5.41) is 11.5. The number of anilines is 1. The van der Waals surface area contributed by atoms with E-state index in [2.05, 4.69) is 5.32 Å². The third-order valence-electron chi connectivity index (χ3n) is 4.24. The van der Waals surface area contributed by atoms with Gasteiger partial charge in [0.25, 0.3) is 5.91 Å². The largest absolute Gasteiger partial charge is 0.325 e. The van der Waals surface area contributed by atoms with E-state index in [1.54, 1.807) is 30.3 Å². The first-order valence-electron chi connectivity index (χ1n) is 8.80. The standard InChI is InChI=1S/C23H20N2O3/c26-21(25-28)16-13-17-11-14-20(15-12-17)24-23(27)22(18-7-3-1-4-8-18)19-9-5-2-6-10-19/h1-16,22,28H,(H,24,27)(H,25,26)/b16-13+. The summed E-state index contributed by atoms with van der Waals surface area (Å²) in [6.07, 6.45) is 2.78. The van der Waals surface area contributed by atoms with Gasteiger partial charge in [-0.15, -0.1) is 0 Å². The van der Waals surface area contributed by atoms with Crippen LogP contribution in [0, 0.1) is 0 Å². The monoisotopic (exact) mass is 372 g/mol. The maximum atomic E-state index is 13.0. The first-order valence-corrected chi connectivity index (χ1v) is 8.80. The summed E-state index contributed by atoms with van der Waals surface area (Å²) in [5.74, 6) is -1.15. The van der Waals surface area contributed by atoms with Crippen molar-refractivity contribution in [3.05, 3.63) is 108 Å². The van der Waals surface area contributed by atoms with Crippen LogP contribution in [0.5, 0.6) is 0 Å². The minimum absolute atomic E-state index is 0.125. The molecule has 0 aromatic heterocycles. The number of rotatable bonds is 6. The molecule has 28 heavy (non-hydrogen) atoms. The zero-order valence-electron chi connectivity index (χ0n) is 15.1. The molecule has 0 atom stereocenters. The van der Waals surface area contributed by atoms with Gasteiger partial charge in [0.15, 0.2) is 0 Å². The normalized spacial score (nSPS) is 10.8. The fraction of sp³-hybridized carbons (Fsp3) is 0.0435. The lowest BCUT2D eigenvalue weighted by atomic mass is 9.90. The van der Waals surface area contributed by atoms with Crippen LogP contribution in [-0.4, -0.2) is 17.0 Å². The molecule has 3 rings (SSSR count). The van der Waals surface area contributed by atoms with Gasteiger partial charge in [-0.25, -0.2) is 5.48 Å². The van der Waals surface area contributed by atoms with Crippen LogP contribution in [-0.2, 0) is 9.59 Å². The van der Waals surface area contributed by atoms with Gasteiger partial charge in [0.05, 0.1) is 5.92 Å². The Kier molecular flexibility index (Phi) is 6.33. The van der Waals surface area contributed by atoms with Crippen LogP contribution in [0.3, 0.4) is 0 Å². The second kappa shape index (κ2) is 9.30. The van der Waals surface area contributed by atoms with E-state index in [1.807, 2.05) is 60.7 Å². The smallest absolute Gasteiger partial charge is 0.267 e. The minimum atomic E-state index is -0.606. The average molecular weight is 372 g/mol. The van der Waals surface area contributed by atoms with Gasteiger partial charge in [0, 0.05) is 11.8 Å². The summed E-state index contributed by atoms with van der Waals surface area (Å²) < 4.78 is 0. The summed E-state index contributed by atoms with van der Waals surface area (Å²) >= 11 is 0. The first kappa shape index (κ1) is 19.1. The number of hydroxylamine groups is 1. The van der Waals surface area contributed by atoms with E-state index in [0.29, 0.717) is 5.69 Å². The Morgan fingerprint density at radius 3 is 1.82 bits per heavy atom. The van der Waals surface area contributed by atoms with Gasteiger partial charge in [-0.1, -0.05) is 72.8 Å². The van der Waals surface area contributed by atoms with E-state index >= 15 is 0 Å². The van der Waals surface area contributed by atoms with E-state index in [0.717, 1.165) is 16.7 Å². The Morgan fingerprint density at radius 2 is 1.32 bits per heavy atom. The second-order valence-electron chi connectivity index (χ2n) is 6.18. The summed E-state index contributed by atoms with van der Waals surface area (Å²) in [5.41, 5.74) is 4.79. The van der Waals surface area contributed by atoms with Crippen molar-refractivity contribution in [1.82, 2.24) is 5.48 Å². The lowest BCUT2D eigenvalue weighted by Crippen LogP contribution is -2.22. The van der Waals surface area contributed by atoms with Crippen LogP contribution >= 0.6 is 0 Å². The molecule has 0 aliphatic rings. The lowest BCUT2D eigenvalue weighted by molar-refractivity contribution is -0.124. The van der Waals surface area contributed by atoms with Gasteiger partial charge in [-0.3, -0.25) is 14.8 Å². The molecule has 0 heterocycles. The first-order chi connectivity index (χ1) is 13.7. The Morgan fingerprint density at radius 1 is 0.786 bits per heavy atom. The average Bonchev–Trinajstić information content (AvgIpc) is 2.74. The second-order valence-corrected chi connectivity index (χ2v) is 6.18. The highest BCUT2D eigenvalue weighted by Crippen LogP contribution is 2.26. The Bertz CT molecular complexity index is 913. The van der Waals surface area contributed by atoms with Gasteiger partial charge in [-0.05, 0) is 34.9 Å². The molecule has 2 amide bonds. The fourth-order valence-corrected chi connectivity index (χ4v) is 2.89. The van der Waals surface area contributed by atoms with Crippen molar-refractivity contribution >= 4 is 23.6 Å². The van der Waals surface area contributed by atoms with Gasteiger partial charge in [0.2, 0.25) is 5.91 Å². The van der Waals surface area contributed by atoms with E-state index < -0.39 is 11.8 Å². The van der Waals surface area contributed by atoms with E-state index in [1.165, 1.54) is 11.6 Å². The summed E-state index contributed by atoms with van der Waals surface area (Å²) in [7, 11) is 0. The molecule has 0 spiro atoms. The quantitative estimate of drug-likeness (QED) is 0.348. The molecule has 0 bridgehead atoms. The molecule has 3 N–H and O–H groups in total. The molecular formula is C23H20N2O3. The SMILES string of the molecule is O=C(/C=C/c1ccc(NC(=O)C(c2ccccc2)c2ccccc2)cc1)NO. The molecule has 3 aromatic carbocycles. The number of benzene rings is 3. The number of carbonyl (C=O) groups excluding carboxylic acids is 2. The number of nitrogens with one attached hydrogen (secondary N) is 2. The van der Waals surface area contributed by atoms with Crippen LogP contribution < -0.4 is 10.8 Å². The maximum Gasteiger partial charge on any atom is 0.267 e. The van der Waals surface area contributed by atoms with Crippen molar-refractivity contribution < 1.29 is 14.8 Å². The summed E-state index contributed by atoms with van der Waals surface area (Å²) in [4.78, 5) is 24.1. The number of carbonyl (C=O) groups is 2. The number of hydrogen-bond acceptors (Lipinski definition) is 3. The van der Waals surface area contributed by atoms with Crippen LogP contribution in [0.4, 0.5) is 5.69 Å². The molecular weight excluding hydrogens is 352 g/mol. The molecule has 5 nitrogen and oxygen atoms in total. The maximum absolute atomic E-state index is 13.0. The van der Waals surface area contributed by atoms with Crippen LogP contribution in [0.2, 0.25) is 0 Å². The molecule has 0 aliphatic heterocycles. The Labute approximate surface area is 163 Å². The minimum Gasteiger partial charge on any atom is -0.325 e. The molecule has 0 saturated carbocycles. The van der Waals surface area contributed by atoms with Crippen molar-refractivity contribution in [3.8, 4) is 0 Å². The fourth-order valence-electron chi connectivity index (χ4n) is 2.89. The van der Waals surface area contributed by atoms with E-state index in [-0.39, 0.29) is 5.91 Å². The molecule has 0 fully saturated rings.